The average molecular weight is 274 g/mol. The van der Waals surface area contributed by atoms with Gasteiger partial charge in [-0.25, -0.2) is 0 Å². The highest BCUT2D eigenvalue weighted by Gasteiger charge is 2.16. The Kier molecular flexibility index (Phi) is 5.45. The smallest absolute Gasteiger partial charge is 0.253 e. The van der Waals surface area contributed by atoms with Gasteiger partial charge in [0.25, 0.3) is 5.91 Å². The lowest BCUT2D eigenvalue weighted by molar-refractivity contribution is 0.0952. The number of nitrogens with one attached hydrogen (secondary N) is 2. The number of benzene rings is 1. The first kappa shape index (κ1) is 14.9. The van der Waals surface area contributed by atoms with E-state index in [9.17, 15) is 4.79 Å². The second kappa shape index (κ2) is 7.32. The minimum Gasteiger partial charge on any atom is -0.385 e. The third-order valence-corrected chi connectivity index (χ3v) is 4.10. The Bertz CT molecular complexity index is 450. The number of aryl methyl sites for hydroxylation is 1. The fraction of sp³-hybridized carbons (Fsp3) is 0.588. The molecule has 0 bridgehead atoms. The summed E-state index contributed by atoms with van der Waals surface area (Å²) in [5, 5.41) is 6.33. The first-order chi connectivity index (χ1) is 9.70. The van der Waals surface area contributed by atoms with Gasteiger partial charge in [0.2, 0.25) is 0 Å². The molecule has 1 fully saturated rings. The highest BCUT2D eigenvalue weighted by atomic mass is 16.1. The molecule has 1 aromatic rings. The van der Waals surface area contributed by atoms with Gasteiger partial charge in [0, 0.05) is 18.8 Å². The maximum Gasteiger partial charge on any atom is 0.253 e. The maximum absolute atomic E-state index is 12.3. The van der Waals surface area contributed by atoms with E-state index in [-0.39, 0.29) is 5.91 Å². The Balaban J connectivity index is 1.91. The molecule has 110 valence electrons. The second-order valence-corrected chi connectivity index (χ2v) is 5.77. The van der Waals surface area contributed by atoms with Crippen LogP contribution in [0.15, 0.2) is 18.2 Å². The van der Waals surface area contributed by atoms with Crippen LogP contribution in [0.25, 0.3) is 0 Å². The van der Waals surface area contributed by atoms with E-state index in [2.05, 4.69) is 10.6 Å². The van der Waals surface area contributed by atoms with Crippen molar-refractivity contribution in [3.8, 4) is 0 Å². The van der Waals surface area contributed by atoms with E-state index >= 15 is 0 Å². The van der Waals surface area contributed by atoms with E-state index in [1.807, 2.05) is 32.0 Å². The van der Waals surface area contributed by atoms with Crippen LogP contribution in [0.5, 0.6) is 0 Å². The van der Waals surface area contributed by atoms with Crippen molar-refractivity contribution >= 4 is 11.6 Å². The molecule has 1 aliphatic rings. The Morgan fingerprint density at radius 3 is 2.75 bits per heavy atom. The van der Waals surface area contributed by atoms with E-state index in [0.29, 0.717) is 0 Å². The zero-order chi connectivity index (χ0) is 14.4. The molecule has 2 rings (SSSR count). The van der Waals surface area contributed by atoms with Crippen LogP contribution in [0.4, 0.5) is 5.69 Å². The Morgan fingerprint density at radius 2 is 2.05 bits per heavy atom. The average Bonchev–Trinajstić information content (AvgIpc) is 2.94. The molecule has 0 radical (unpaired) electrons. The zero-order valence-corrected chi connectivity index (χ0v) is 12.7. The molecule has 2 N–H and O–H groups in total. The summed E-state index contributed by atoms with van der Waals surface area (Å²) in [7, 11) is 0. The summed E-state index contributed by atoms with van der Waals surface area (Å²) in [5.74, 6) is 0.865. The van der Waals surface area contributed by atoms with Crippen molar-refractivity contribution in [1.29, 1.82) is 0 Å². The van der Waals surface area contributed by atoms with Crippen molar-refractivity contribution in [3.63, 3.8) is 0 Å². The minimum atomic E-state index is 0.0441. The van der Waals surface area contributed by atoms with Crippen molar-refractivity contribution in [2.75, 3.05) is 18.4 Å². The number of carbonyl (C=O) groups excluding carboxylic acids is 1. The summed E-state index contributed by atoms with van der Waals surface area (Å²) in [5.41, 5.74) is 2.81. The number of amides is 1. The zero-order valence-electron chi connectivity index (χ0n) is 12.7. The maximum atomic E-state index is 12.3. The molecule has 1 saturated carbocycles. The molecule has 3 heteroatoms. The summed E-state index contributed by atoms with van der Waals surface area (Å²) >= 11 is 0. The van der Waals surface area contributed by atoms with Gasteiger partial charge in [-0.3, -0.25) is 4.79 Å². The SMILES string of the molecule is CCNc1ccc(C)cc1C(=O)NCCC1CCCC1. The van der Waals surface area contributed by atoms with E-state index in [4.69, 9.17) is 0 Å². The van der Waals surface area contributed by atoms with Crippen LogP contribution in [-0.4, -0.2) is 19.0 Å². The van der Waals surface area contributed by atoms with Gasteiger partial charge in [0.1, 0.15) is 0 Å². The lowest BCUT2D eigenvalue weighted by Gasteiger charge is -2.13. The predicted molar refractivity (Wildman–Crippen MR) is 84.3 cm³/mol. The van der Waals surface area contributed by atoms with Crippen LogP contribution >= 0.6 is 0 Å². The summed E-state index contributed by atoms with van der Waals surface area (Å²) in [6, 6.07) is 5.99. The minimum absolute atomic E-state index is 0.0441. The standard InChI is InChI=1S/C17H26N2O/c1-3-18-16-9-8-13(2)12-15(16)17(20)19-11-10-14-6-4-5-7-14/h8-9,12,14,18H,3-7,10-11H2,1-2H3,(H,19,20). The van der Waals surface area contributed by atoms with Gasteiger partial charge in [0.15, 0.2) is 0 Å². The lowest BCUT2D eigenvalue weighted by atomic mass is 10.0. The van der Waals surface area contributed by atoms with E-state index < -0.39 is 0 Å². The number of carbonyl (C=O) groups is 1. The molecule has 1 aliphatic carbocycles. The molecule has 1 amide bonds. The van der Waals surface area contributed by atoms with Crippen LogP contribution in [0.3, 0.4) is 0 Å². The van der Waals surface area contributed by atoms with Crippen molar-refractivity contribution in [2.24, 2.45) is 5.92 Å². The second-order valence-electron chi connectivity index (χ2n) is 5.77. The fourth-order valence-electron chi connectivity index (χ4n) is 2.97. The van der Waals surface area contributed by atoms with Crippen LogP contribution < -0.4 is 10.6 Å². The molecule has 0 aliphatic heterocycles. The number of anilines is 1. The third-order valence-electron chi connectivity index (χ3n) is 4.10. The van der Waals surface area contributed by atoms with Crippen LogP contribution in [0, 0.1) is 12.8 Å². The number of hydrogen-bond donors (Lipinski definition) is 2. The predicted octanol–water partition coefficient (Wildman–Crippen LogP) is 3.74. The molecular weight excluding hydrogens is 248 g/mol. The summed E-state index contributed by atoms with van der Waals surface area (Å²) in [6.07, 6.45) is 6.52. The van der Waals surface area contributed by atoms with Crippen LogP contribution in [-0.2, 0) is 0 Å². The summed E-state index contributed by atoms with van der Waals surface area (Å²) in [4.78, 5) is 12.3. The summed E-state index contributed by atoms with van der Waals surface area (Å²) < 4.78 is 0. The quantitative estimate of drug-likeness (QED) is 0.829. The van der Waals surface area contributed by atoms with Gasteiger partial charge in [-0.1, -0.05) is 37.3 Å². The van der Waals surface area contributed by atoms with Crippen LogP contribution in [0.2, 0.25) is 0 Å². The van der Waals surface area contributed by atoms with Crippen molar-refractivity contribution in [1.82, 2.24) is 5.32 Å². The van der Waals surface area contributed by atoms with Crippen molar-refractivity contribution < 1.29 is 4.79 Å². The van der Waals surface area contributed by atoms with Gasteiger partial charge >= 0.3 is 0 Å². The third kappa shape index (κ3) is 3.99. The normalized spacial score (nSPS) is 15.3. The van der Waals surface area contributed by atoms with Gasteiger partial charge < -0.3 is 10.6 Å². The fourth-order valence-corrected chi connectivity index (χ4v) is 2.97. The molecule has 20 heavy (non-hydrogen) atoms. The monoisotopic (exact) mass is 274 g/mol. The summed E-state index contributed by atoms with van der Waals surface area (Å²) in [6.45, 7) is 5.68. The molecule has 0 saturated heterocycles. The molecule has 0 unspecified atom stereocenters. The van der Waals surface area contributed by atoms with Gasteiger partial charge in [-0.05, 0) is 38.3 Å². The van der Waals surface area contributed by atoms with E-state index in [0.717, 1.165) is 42.2 Å². The molecule has 1 aromatic carbocycles. The highest BCUT2D eigenvalue weighted by molar-refractivity contribution is 5.99. The van der Waals surface area contributed by atoms with Crippen LogP contribution in [0.1, 0.15) is 54.9 Å². The molecule has 0 atom stereocenters. The topological polar surface area (TPSA) is 41.1 Å². The number of hydrogen-bond acceptors (Lipinski definition) is 2. The largest absolute Gasteiger partial charge is 0.385 e. The Hall–Kier alpha value is -1.51. The molecule has 0 aromatic heterocycles. The van der Waals surface area contributed by atoms with Crippen molar-refractivity contribution in [3.05, 3.63) is 29.3 Å². The van der Waals surface area contributed by atoms with E-state index in [1.165, 1.54) is 25.7 Å². The van der Waals surface area contributed by atoms with E-state index in [1.54, 1.807) is 0 Å². The molecule has 3 nitrogen and oxygen atoms in total. The van der Waals surface area contributed by atoms with Gasteiger partial charge in [0.05, 0.1) is 5.56 Å². The van der Waals surface area contributed by atoms with Crippen molar-refractivity contribution in [2.45, 2.75) is 46.0 Å². The van der Waals surface area contributed by atoms with Gasteiger partial charge in [-0.15, -0.1) is 0 Å². The Morgan fingerprint density at radius 1 is 1.30 bits per heavy atom. The van der Waals surface area contributed by atoms with Gasteiger partial charge in [-0.2, -0.15) is 0 Å². The molecule has 0 spiro atoms. The molecule has 0 heterocycles. The Labute approximate surface area is 122 Å². The lowest BCUT2D eigenvalue weighted by Crippen LogP contribution is -2.26. The molecular formula is C17H26N2O. The highest BCUT2D eigenvalue weighted by Crippen LogP contribution is 2.27. The number of rotatable bonds is 6. The first-order valence-corrected chi connectivity index (χ1v) is 7.83. The first-order valence-electron chi connectivity index (χ1n) is 7.83.